The molecule has 1 heterocycles. The molecule has 0 radical (unpaired) electrons. The van der Waals surface area contributed by atoms with Crippen LogP contribution in [0, 0.1) is 11.3 Å². The van der Waals surface area contributed by atoms with Crippen LogP contribution in [0.2, 0.25) is 5.15 Å². The number of nitrogens with zero attached hydrogens (tertiary/aromatic N) is 2. The van der Waals surface area contributed by atoms with Crippen LogP contribution in [0.3, 0.4) is 0 Å². The van der Waals surface area contributed by atoms with Gasteiger partial charge in [-0.25, -0.2) is 4.79 Å². The van der Waals surface area contributed by atoms with Crippen molar-refractivity contribution in [2.45, 2.75) is 6.54 Å². The van der Waals surface area contributed by atoms with Gasteiger partial charge < -0.3 is 0 Å². The van der Waals surface area contributed by atoms with Crippen molar-refractivity contribution in [3.05, 3.63) is 67.4 Å². The molecule has 1 aromatic carbocycles. The molecule has 6 heteroatoms. The molecule has 1 aromatic heterocycles. The van der Waals surface area contributed by atoms with Gasteiger partial charge in [0.05, 0.1) is 18.2 Å². The van der Waals surface area contributed by atoms with Crippen LogP contribution in [0.1, 0.15) is 11.1 Å². The summed E-state index contributed by atoms with van der Waals surface area (Å²) in [6.07, 6.45) is 0. The molecule has 5 nitrogen and oxygen atoms in total. The molecular formula is C12H8ClN3O2. The summed E-state index contributed by atoms with van der Waals surface area (Å²) in [6.45, 7) is 0.0981. The minimum atomic E-state index is -0.574. The molecule has 0 fully saturated rings. The van der Waals surface area contributed by atoms with E-state index < -0.39 is 11.2 Å². The highest BCUT2D eigenvalue weighted by molar-refractivity contribution is 6.29. The number of nitriles is 1. The van der Waals surface area contributed by atoms with Gasteiger partial charge >= 0.3 is 5.69 Å². The van der Waals surface area contributed by atoms with Gasteiger partial charge in [-0.3, -0.25) is 14.3 Å². The Morgan fingerprint density at radius 3 is 2.78 bits per heavy atom. The van der Waals surface area contributed by atoms with Crippen molar-refractivity contribution in [3.63, 3.8) is 0 Å². The molecule has 18 heavy (non-hydrogen) atoms. The third kappa shape index (κ3) is 2.50. The second-order valence-corrected chi connectivity index (χ2v) is 4.07. The predicted octanol–water partition coefficient (Wildman–Crippen LogP) is 1.11. The average Bonchev–Trinajstić information content (AvgIpc) is 2.34. The van der Waals surface area contributed by atoms with Crippen LogP contribution < -0.4 is 11.2 Å². The van der Waals surface area contributed by atoms with Crippen LogP contribution in [0.25, 0.3) is 0 Å². The van der Waals surface area contributed by atoms with Crippen molar-refractivity contribution < 1.29 is 0 Å². The van der Waals surface area contributed by atoms with E-state index in [1.165, 1.54) is 0 Å². The number of aromatic amines is 1. The zero-order valence-electron chi connectivity index (χ0n) is 9.18. The van der Waals surface area contributed by atoms with Crippen molar-refractivity contribution in [1.29, 1.82) is 5.26 Å². The van der Waals surface area contributed by atoms with Gasteiger partial charge in [-0.2, -0.15) is 5.26 Å². The van der Waals surface area contributed by atoms with E-state index >= 15 is 0 Å². The molecule has 0 aliphatic carbocycles. The second kappa shape index (κ2) is 4.90. The van der Waals surface area contributed by atoms with E-state index in [2.05, 4.69) is 4.98 Å². The third-order valence-electron chi connectivity index (χ3n) is 2.38. The van der Waals surface area contributed by atoms with Crippen LogP contribution in [0.4, 0.5) is 0 Å². The number of nitrogens with one attached hydrogen (secondary N) is 1. The molecule has 1 N–H and O–H groups in total. The molecular weight excluding hydrogens is 254 g/mol. The first-order valence-electron chi connectivity index (χ1n) is 5.09. The fraction of sp³-hybridized carbons (Fsp3) is 0.0833. The molecule has 0 amide bonds. The summed E-state index contributed by atoms with van der Waals surface area (Å²) >= 11 is 5.56. The monoisotopic (exact) mass is 261 g/mol. The molecule has 0 aliphatic heterocycles. The molecule has 2 rings (SSSR count). The molecule has 0 bridgehead atoms. The van der Waals surface area contributed by atoms with Crippen molar-refractivity contribution in [2.24, 2.45) is 0 Å². The van der Waals surface area contributed by atoms with Crippen LogP contribution in [0.5, 0.6) is 0 Å². The standard InChI is InChI=1S/C12H8ClN3O2/c13-10-5-11(17)16(12(18)15-10)7-9-3-1-2-8(4-9)6-14/h1-5H,7H2,(H,15,18). The maximum absolute atomic E-state index is 11.6. The van der Waals surface area contributed by atoms with Crippen molar-refractivity contribution in [1.82, 2.24) is 9.55 Å². The summed E-state index contributed by atoms with van der Waals surface area (Å²) in [5.41, 5.74) is 0.121. The fourth-order valence-corrected chi connectivity index (χ4v) is 1.74. The topological polar surface area (TPSA) is 78.7 Å². The third-order valence-corrected chi connectivity index (χ3v) is 2.59. The SMILES string of the molecule is N#Cc1cccc(Cn2c(=O)cc(Cl)[nH]c2=O)c1. The van der Waals surface area contributed by atoms with Gasteiger partial charge in [0.2, 0.25) is 0 Å². The number of benzene rings is 1. The summed E-state index contributed by atoms with van der Waals surface area (Å²) in [6, 6.07) is 9.84. The molecule has 0 aliphatic rings. The van der Waals surface area contributed by atoms with Crippen LogP contribution in [-0.4, -0.2) is 9.55 Å². The smallest absolute Gasteiger partial charge is 0.298 e. The van der Waals surface area contributed by atoms with Crippen molar-refractivity contribution in [2.75, 3.05) is 0 Å². The summed E-state index contributed by atoms with van der Waals surface area (Å²) in [5, 5.41) is 8.78. The van der Waals surface area contributed by atoms with E-state index in [9.17, 15) is 9.59 Å². The lowest BCUT2D eigenvalue weighted by Crippen LogP contribution is -2.34. The number of H-pyrrole nitrogens is 1. The van der Waals surface area contributed by atoms with E-state index in [-0.39, 0.29) is 11.7 Å². The Labute approximate surface area is 107 Å². The van der Waals surface area contributed by atoms with Crippen LogP contribution >= 0.6 is 11.6 Å². The Morgan fingerprint density at radius 2 is 2.11 bits per heavy atom. The lowest BCUT2D eigenvalue weighted by Gasteiger charge is -2.04. The fourth-order valence-electron chi connectivity index (χ4n) is 1.56. The quantitative estimate of drug-likeness (QED) is 0.823. The highest BCUT2D eigenvalue weighted by Crippen LogP contribution is 2.04. The van der Waals surface area contributed by atoms with Gasteiger partial charge in [0, 0.05) is 6.07 Å². The van der Waals surface area contributed by atoms with Crippen molar-refractivity contribution >= 4 is 11.6 Å². The lowest BCUT2D eigenvalue weighted by atomic mass is 10.1. The molecule has 90 valence electrons. The predicted molar refractivity (Wildman–Crippen MR) is 66.6 cm³/mol. The Balaban J connectivity index is 2.44. The Morgan fingerprint density at radius 1 is 1.33 bits per heavy atom. The van der Waals surface area contributed by atoms with Gasteiger partial charge in [0.1, 0.15) is 5.15 Å². The van der Waals surface area contributed by atoms with Crippen molar-refractivity contribution in [3.8, 4) is 6.07 Å². The van der Waals surface area contributed by atoms with Crippen LogP contribution in [-0.2, 0) is 6.54 Å². The maximum atomic E-state index is 11.6. The Kier molecular flexibility index (Phi) is 3.31. The molecule has 0 atom stereocenters. The van der Waals surface area contributed by atoms with E-state index in [0.717, 1.165) is 10.6 Å². The first-order chi connectivity index (χ1) is 8.60. The molecule has 0 spiro atoms. The zero-order chi connectivity index (χ0) is 13.1. The maximum Gasteiger partial charge on any atom is 0.329 e. The van der Waals surface area contributed by atoms with Gasteiger partial charge in [-0.05, 0) is 17.7 Å². The number of hydrogen-bond donors (Lipinski definition) is 1. The lowest BCUT2D eigenvalue weighted by molar-refractivity contribution is 0.699. The molecule has 2 aromatic rings. The van der Waals surface area contributed by atoms with Crippen LogP contribution in [0.15, 0.2) is 39.9 Å². The number of aromatic nitrogens is 2. The van der Waals surface area contributed by atoms with E-state index in [1.54, 1.807) is 24.3 Å². The van der Waals surface area contributed by atoms with E-state index in [4.69, 9.17) is 16.9 Å². The zero-order valence-corrected chi connectivity index (χ0v) is 9.94. The Bertz CT molecular complexity index is 709. The Hall–Kier alpha value is -2.32. The number of rotatable bonds is 2. The number of halogens is 1. The van der Waals surface area contributed by atoms with E-state index in [1.807, 2.05) is 6.07 Å². The first kappa shape index (κ1) is 12.1. The molecule has 0 unspecified atom stereocenters. The summed E-state index contributed by atoms with van der Waals surface area (Å²) < 4.78 is 1.02. The minimum absolute atomic E-state index is 0.00651. The van der Waals surface area contributed by atoms with E-state index in [0.29, 0.717) is 11.1 Å². The van der Waals surface area contributed by atoms with Gasteiger partial charge in [-0.15, -0.1) is 0 Å². The summed E-state index contributed by atoms with van der Waals surface area (Å²) in [4.78, 5) is 25.5. The first-order valence-corrected chi connectivity index (χ1v) is 5.46. The largest absolute Gasteiger partial charge is 0.329 e. The van der Waals surface area contributed by atoms with Gasteiger partial charge in [-0.1, -0.05) is 23.7 Å². The highest BCUT2D eigenvalue weighted by atomic mass is 35.5. The highest BCUT2D eigenvalue weighted by Gasteiger charge is 2.04. The number of hydrogen-bond acceptors (Lipinski definition) is 3. The molecule has 0 saturated heterocycles. The second-order valence-electron chi connectivity index (χ2n) is 3.66. The van der Waals surface area contributed by atoms with Gasteiger partial charge in [0.25, 0.3) is 5.56 Å². The molecule has 0 saturated carbocycles. The summed E-state index contributed by atoms with van der Waals surface area (Å²) in [7, 11) is 0. The average molecular weight is 262 g/mol. The minimum Gasteiger partial charge on any atom is -0.298 e. The normalized spacial score (nSPS) is 10.0. The van der Waals surface area contributed by atoms with Gasteiger partial charge in [0.15, 0.2) is 0 Å². The summed E-state index contributed by atoms with van der Waals surface area (Å²) in [5.74, 6) is 0.